The molecule has 0 fully saturated rings. The summed E-state index contributed by atoms with van der Waals surface area (Å²) in [6.45, 7) is 4.20. The topological polar surface area (TPSA) is 20.2 Å². The number of benzene rings is 1. The predicted octanol–water partition coefficient (Wildman–Crippen LogP) is 4.02. The van der Waals surface area contributed by atoms with Crippen LogP contribution in [0.4, 0.5) is 0 Å². The van der Waals surface area contributed by atoms with Crippen LogP contribution in [0.5, 0.6) is 0 Å². The molecule has 0 saturated heterocycles. The summed E-state index contributed by atoms with van der Waals surface area (Å²) in [6, 6.07) is 12.0. The maximum Gasteiger partial charge on any atom is 0.0537 e. The SMILES string of the molecule is CCCCCC(O)CC.c1ccccc1. The van der Waals surface area contributed by atoms with E-state index in [0.717, 1.165) is 12.8 Å². The van der Waals surface area contributed by atoms with Crippen molar-refractivity contribution >= 4 is 0 Å². The summed E-state index contributed by atoms with van der Waals surface area (Å²) >= 11 is 0. The summed E-state index contributed by atoms with van der Waals surface area (Å²) in [5, 5.41) is 9.08. The molecule has 1 aromatic carbocycles. The van der Waals surface area contributed by atoms with Gasteiger partial charge in [-0.05, 0) is 12.8 Å². The van der Waals surface area contributed by atoms with Crippen LogP contribution in [0, 0.1) is 0 Å². The van der Waals surface area contributed by atoms with Crippen molar-refractivity contribution < 1.29 is 5.11 Å². The number of aliphatic hydroxyl groups is 1. The molecule has 86 valence electrons. The van der Waals surface area contributed by atoms with Crippen molar-refractivity contribution in [2.75, 3.05) is 0 Å². The maximum atomic E-state index is 9.08. The molecule has 1 N–H and O–H groups in total. The highest BCUT2D eigenvalue weighted by molar-refractivity contribution is 4.99. The second kappa shape index (κ2) is 11.3. The summed E-state index contributed by atoms with van der Waals surface area (Å²) in [5.74, 6) is 0. The van der Waals surface area contributed by atoms with Gasteiger partial charge in [0.2, 0.25) is 0 Å². The Bertz CT molecular complexity index is 169. The zero-order chi connectivity index (χ0) is 11.4. The number of aliphatic hydroxyl groups excluding tert-OH is 1. The maximum absolute atomic E-state index is 9.08. The van der Waals surface area contributed by atoms with E-state index in [1.165, 1.54) is 19.3 Å². The van der Waals surface area contributed by atoms with Crippen molar-refractivity contribution in [1.82, 2.24) is 0 Å². The summed E-state index contributed by atoms with van der Waals surface area (Å²) in [5.41, 5.74) is 0. The van der Waals surface area contributed by atoms with E-state index >= 15 is 0 Å². The monoisotopic (exact) mass is 208 g/mol. The van der Waals surface area contributed by atoms with Crippen molar-refractivity contribution in [3.63, 3.8) is 0 Å². The molecule has 1 aromatic rings. The third kappa shape index (κ3) is 11.1. The fraction of sp³-hybridized carbons (Fsp3) is 0.571. The molecule has 0 bridgehead atoms. The van der Waals surface area contributed by atoms with Crippen LogP contribution in [0.1, 0.15) is 46.0 Å². The van der Waals surface area contributed by atoms with Crippen molar-refractivity contribution in [3.8, 4) is 0 Å². The van der Waals surface area contributed by atoms with E-state index < -0.39 is 0 Å². The van der Waals surface area contributed by atoms with Crippen LogP contribution in [-0.4, -0.2) is 11.2 Å². The molecule has 1 atom stereocenters. The van der Waals surface area contributed by atoms with Crippen molar-refractivity contribution in [2.24, 2.45) is 0 Å². The Balaban J connectivity index is 0.000000280. The third-order valence-electron chi connectivity index (χ3n) is 2.28. The number of unbranched alkanes of at least 4 members (excludes halogenated alkanes) is 2. The molecule has 1 heteroatoms. The van der Waals surface area contributed by atoms with Gasteiger partial charge >= 0.3 is 0 Å². The van der Waals surface area contributed by atoms with Crippen LogP contribution in [-0.2, 0) is 0 Å². The van der Waals surface area contributed by atoms with Gasteiger partial charge in [0, 0.05) is 0 Å². The van der Waals surface area contributed by atoms with Gasteiger partial charge in [0.25, 0.3) is 0 Å². The average molecular weight is 208 g/mol. The van der Waals surface area contributed by atoms with Gasteiger partial charge in [0.1, 0.15) is 0 Å². The lowest BCUT2D eigenvalue weighted by atomic mass is 10.1. The third-order valence-corrected chi connectivity index (χ3v) is 2.28. The van der Waals surface area contributed by atoms with E-state index in [1.54, 1.807) is 0 Å². The van der Waals surface area contributed by atoms with E-state index in [9.17, 15) is 0 Å². The Morgan fingerprint density at radius 1 is 0.867 bits per heavy atom. The Labute approximate surface area is 94.2 Å². The molecular formula is C14H24O. The van der Waals surface area contributed by atoms with Gasteiger partial charge in [-0.2, -0.15) is 0 Å². The highest BCUT2D eigenvalue weighted by atomic mass is 16.3. The van der Waals surface area contributed by atoms with Crippen LogP contribution < -0.4 is 0 Å². The van der Waals surface area contributed by atoms with Crippen LogP contribution in [0.3, 0.4) is 0 Å². The van der Waals surface area contributed by atoms with E-state index in [2.05, 4.69) is 6.92 Å². The van der Waals surface area contributed by atoms with Gasteiger partial charge in [0.15, 0.2) is 0 Å². The van der Waals surface area contributed by atoms with Crippen LogP contribution in [0.2, 0.25) is 0 Å². The zero-order valence-electron chi connectivity index (χ0n) is 10.0. The molecule has 0 aromatic heterocycles. The fourth-order valence-electron chi connectivity index (χ4n) is 1.22. The van der Waals surface area contributed by atoms with Gasteiger partial charge in [0.05, 0.1) is 6.10 Å². The molecule has 0 saturated carbocycles. The molecule has 1 unspecified atom stereocenters. The first-order valence-corrected chi connectivity index (χ1v) is 5.99. The molecule has 0 spiro atoms. The molecule has 15 heavy (non-hydrogen) atoms. The Kier molecular flexibility index (Phi) is 10.6. The number of hydrogen-bond donors (Lipinski definition) is 1. The smallest absolute Gasteiger partial charge is 0.0537 e. The fourth-order valence-corrected chi connectivity index (χ4v) is 1.22. The highest BCUT2D eigenvalue weighted by Gasteiger charge is 1.97. The second-order valence-corrected chi connectivity index (χ2v) is 3.71. The quantitative estimate of drug-likeness (QED) is 0.724. The Hall–Kier alpha value is -0.820. The van der Waals surface area contributed by atoms with Crippen LogP contribution in [0.15, 0.2) is 36.4 Å². The van der Waals surface area contributed by atoms with Crippen LogP contribution >= 0.6 is 0 Å². The minimum atomic E-state index is -0.0449. The van der Waals surface area contributed by atoms with Crippen LogP contribution in [0.25, 0.3) is 0 Å². The van der Waals surface area contributed by atoms with Crippen molar-refractivity contribution in [2.45, 2.75) is 52.1 Å². The minimum Gasteiger partial charge on any atom is -0.393 e. The van der Waals surface area contributed by atoms with E-state index in [1.807, 2.05) is 43.3 Å². The molecule has 1 nitrogen and oxygen atoms in total. The normalized spacial score (nSPS) is 11.4. The second-order valence-electron chi connectivity index (χ2n) is 3.71. The van der Waals surface area contributed by atoms with Crippen molar-refractivity contribution in [1.29, 1.82) is 0 Å². The van der Waals surface area contributed by atoms with E-state index in [4.69, 9.17) is 5.11 Å². The molecule has 0 aliphatic rings. The van der Waals surface area contributed by atoms with Crippen molar-refractivity contribution in [3.05, 3.63) is 36.4 Å². The Morgan fingerprint density at radius 2 is 1.33 bits per heavy atom. The van der Waals surface area contributed by atoms with Gasteiger partial charge in [-0.1, -0.05) is 69.5 Å². The number of hydrogen-bond acceptors (Lipinski definition) is 1. The highest BCUT2D eigenvalue weighted by Crippen LogP contribution is 2.04. The zero-order valence-corrected chi connectivity index (χ0v) is 10.0. The molecular weight excluding hydrogens is 184 g/mol. The minimum absolute atomic E-state index is 0.0449. The number of rotatable bonds is 5. The molecule has 0 aliphatic carbocycles. The summed E-state index contributed by atoms with van der Waals surface area (Å²) in [7, 11) is 0. The first-order valence-electron chi connectivity index (χ1n) is 5.99. The molecule has 0 aliphatic heterocycles. The lowest BCUT2D eigenvalue weighted by Crippen LogP contribution is -2.02. The molecule has 0 heterocycles. The van der Waals surface area contributed by atoms with Gasteiger partial charge in [-0.25, -0.2) is 0 Å². The summed E-state index contributed by atoms with van der Waals surface area (Å²) < 4.78 is 0. The largest absolute Gasteiger partial charge is 0.393 e. The average Bonchev–Trinajstić information content (AvgIpc) is 2.32. The predicted molar refractivity (Wildman–Crippen MR) is 66.9 cm³/mol. The first kappa shape index (κ1) is 14.2. The Morgan fingerprint density at radius 3 is 1.67 bits per heavy atom. The first-order chi connectivity index (χ1) is 7.31. The van der Waals surface area contributed by atoms with E-state index in [-0.39, 0.29) is 6.10 Å². The standard InChI is InChI=1S/C8H18O.C6H6/c1-3-5-6-7-8(9)4-2;1-2-4-6-5-3-1/h8-9H,3-7H2,1-2H3;1-6H. The molecule has 0 radical (unpaired) electrons. The van der Waals surface area contributed by atoms with Gasteiger partial charge < -0.3 is 5.11 Å². The molecule has 1 rings (SSSR count). The van der Waals surface area contributed by atoms with Gasteiger partial charge in [-0.15, -0.1) is 0 Å². The summed E-state index contributed by atoms with van der Waals surface area (Å²) in [6.07, 6.45) is 5.55. The lowest BCUT2D eigenvalue weighted by molar-refractivity contribution is 0.156. The summed E-state index contributed by atoms with van der Waals surface area (Å²) in [4.78, 5) is 0. The van der Waals surface area contributed by atoms with E-state index in [0.29, 0.717) is 0 Å². The molecule has 0 amide bonds. The van der Waals surface area contributed by atoms with Gasteiger partial charge in [-0.3, -0.25) is 0 Å². The lowest BCUT2D eigenvalue weighted by Gasteiger charge is -2.04.